The van der Waals surface area contributed by atoms with E-state index < -0.39 is 31.2 Å². The Morgan fingerprint density at radius 3 is 1.13 bits per heavy atom. The van der Waals surface area contributed by atoms with Gasteiger partial charge in [0.05, 0.1) is 0 Å². The maximum atomic E-state index is 9.78. The first-order chi connectivity index (χ1) is 6.27. The molecule has 0 aliphatic carbocycles. The summed E-state index contributed by atoms with van der Waals surface area (Å²) in [4.78, 5) is 0. The van der Waals surface area contributed by atoms with Gasteiger partial charge in [-0.2, -0.15) is 25.3 Å². The minimum Gasteiger partial charge on any atom is -0.264 e. The predicted molar refractivity (Wildman–Crippen MR) is 39.4 cm³/mol. The van der Waals surface area contributed by atoms with E-state index in [2.05, 4.69) is 7.96 Å². The van der Waals surface area contributed by atoms with E-state index in [9.17, 15) is 16.8 Å². The third-order valence-electron chi connectivity index (χ3n) is 0.261. The molecule has 94 valence electrons. The maximum absolute atomic E-state index is 9.78. The molecule has 15 heavy (non-hydrogen) atoms. The highest BCUT2D eigenvalue weighted by molar-refractivity contribution is 7.94. The fourth-order valence-corrected chi connectivity index (χ4v) is 1.06. The lowest BCUT2D eigenvalue weighted by Crippen LogP contribution is -2.13. The topological polar surface area (TPSA) is 202 Å². The molecular formula is H4O12S3. The summed E-state index contributed by atoms with van der Waals surface area (Å²) in [6.07, 6.45) is 0. The Morgan fingerprint density at radius 1 is 0.800 bits per heavy atom. The average molecular weight is 292 g/mol. The van der Waals surface area contributed by atoms with Crippen LogP contribution in [0.3, 0.4) is 0 Å². The van der Waals surface area contributed by atoms with Crippen molar-refractivity contribution in [1.82, 2.24) is 0 Å². The molecule has 0 saturated carbocycles. The summed E-state index contributed by atoms with van der Waals surface area (Å²) in [7, 11) is -14.9. The monoisotopic (exact) mass is 292 g/mol. The molecule has 15 heteroatoms. The van der Waals surface area contributed by atoms with Gasteiger partial charge in [0.2, 0.25) is 0 Å². The maximum Gasteiger partial charge on any atom is 0.442 e. The molecule has 12 nitrogen and oxygen atoms in total. The molecule has 4 N–H and O–H groups in total. The molecule has 0 aromatic rings. The zero-order chi connectivity index (χ0) is 12.9. The molecule has 0 amide bonds. The van der Waals surface area contributed by atoms with Gasteiger partial charge < -0.3 is 0 Å². The van der Waals surface area contributed by atoms with Crippen molar-refractivity contribution in [2.75, 3.05) is 0 Å². The van der Waals surface area contributed by atoms with E-state index in [-0.39, 0.29) is 0 Å². The van der Waals surface area contributed by atoms with Crippen molar-refractivity contribution < 1.29 is 52.1 Å². The van der Waals surface area contributed by atoms with E-state index in [1.807, 2.05) is 0 Å². The summed E-state index contributed by atoms with van der Waals surface area (Å²) in [6, 6.07) is 0. The van der Waals surface area contributed by atoms with Gasteiger partial charge in [0.25, 0.3) is 0 Å². The lowest BCUT2D eigenvalue weighted by atomic mass is 15.0. The van der Waals surface area contributed by atoms with Crippen molar-refractivity contribution in [2.45, 2.75) is 0 Å². The van der Waals surface area contributed by atoms with Gasteiger partial charge in [-0.1, -0.05) is 7.96 Å². The van der Waals surface area contributed by atoms with Crippen LogP contribution in [-0.2, 0) is 39.2 Å². The minimum absolute atomic E-state index is 2.52. The number of rotatable bonds is 3. The second-order valence-corrected chi connectivity index (χ2v) is 4.69. The molecule has 0 heterocycles. The first-order valence-corrected chi connectivity index (χ1v) is 6.33. The molecule has 0 atom stereocenters. The van der Waals surface area contributed by atoms with Crippen molar-refractivity contribution >= 4 is 31.2 Å². The summed E-state index contributed by atoms with van der Waals surface area (Å²) in [5.41, 5.74) is 0. The quantitative estimate of drug-likeness (QED) is 0.250. The van der Waals surface area contributed by atoms with Crippen LogP contribution in [0.5, 0.6) is 0 Å². The number of hydrogen-bond donors (Lipinski definition) is 4. The number of hydrogen-bond acceptors (Lipinski definition) is 9. The highest BCUT2D eigenvalue weighted by atomic mass is 32.3. The van der Waals surface area contributed by atoms with Crippen molar-refractivity contribution in [3.05, 3.63) is 0 Å². The molecule has 0 saturated heterocycles. The van der Waals surface area contributed by atoms with Crippen LogP contribution in [0.25, 0.3) is 0 Å². The van der Waals surface area contributed by atoms with E-state index >= 15 is 0 Å². The highest BCUT2D eigenvalue weighted by Gasteiger charge is 2.20. The van der Waals surface area contributed by atoms with Crippen LogP contribution in [0.1, 0.15) is 0 Å². The van der Waals surface area contributed by atoms with Crippen molar-refractivity contribution in [2.24, 2.45) is 0 Å². The van der Waals surface area contributed by atoms with E-state index in [0.29, 0.717) is 0 Å². The Bertz CT molecular complexity index is 447. The molecule has 0 radical (unpaired) electrons. The molecule has 0 spiro atoms. The Morgan fingerprint density at radius 2 is 1.07 bits per heavy atom. The molecule has 0 unspecified atom stereocenters. The first-order valence-electron chi connectivity index (χ1n) is 2.23. The van der Waals surface area contributed by atoms with Crippen LogP contribution >= 0.6 is 0 Å². The SMILES string of the molecule is O=S(=O)(O)O.O=S(=O)(O)OS(=O)(=O)OO. The van der Waals surface area contributed by atoms with Gasteiger partial charge in [0.15, 0.2) is 0 Å². The van der Waals surface area contributed by atoms with Gasteiger partial charge in [0.1, 0.15) is 0 Å². The van der Waals surface area contributed by atoms with Gasteiger partial charge in [-0.05, 0) is 0 Å². The van der Waals surface area contributed by atoms with E-state index in [0.717, 1.165) is 0 Å². The Hall–Kier alpha value is -0.390. The molecule has 0 rings (SSSR count). The summed E-state index contributed by atoms with van der Waals surface area (Å²) in [5.74, 6) is 0. The summed E-state index contributed by atoms with van der Waals surface area (Å²) in [6.45, 7) is 0. The predicted octanol–water partition coefficient (Wildman–Crippen LogP) is -2.11. The molecule has 0 aliphatic rings. The summed E-state index contributed by atoms with van der Waals surface area (Å²) >= 11 is 0. The van der Waals surface area contributed by atoms with Crippen LogP contribution in [0.4, 0.5) is 0 Å². The second-order valence-electron chi connectivity index (χ2n) is 1.43. The third kappa shape index (κ3) is 24.7. The minimum atomic E-state index is -5.17. The van der Waals surface area contributed by atoms with Crippen LogP contribution < -0.4 is 0 Å². The smallest absolute Gasteiger partial charge is 0.264 e. The summed E-state index contributed by atoms with van der Waals surface area (Å²) in [5, 5.41) is 7.37. The van der Waals surface area contributed by atoms with Gasteiger partial charge in [0, 0.05) is 0 Å². The standard InChI is InChI=1S/H2O8S2.H2O4S/c1-7-10(5,6)8-9(2,3)4;1-5(2,3)4/h1H,(H,2,3,4);(H2,1,2,3,4). The zero-order valence-corrected chi connectivity index (χ0v) is 8.73. The second kappa shape index (κ2) is 5.63. The van der Waals surface area contributed by atoms with Crippen LogP contribution in [0.2, 0.25) is 0 Å². The Balaban J connectivity index is 0. The normalized spacial score (nSPS) is 12.8. The van der Waals surface area contributed by atoms with Crippen molar-refractivity contribution in [3.63, 3.8) is 0 Å². The molecule has 0 aliphatic heterocycles. The van der Waals surface area contributed by atoms with E-state index in [4.69, 9.17) is 27.3 Å². The fraction of sp³-hybridized carbons (Fsp3) is 0. The van der Waals surface area contributed by atoms with Crippen molar-refractivity contribution in [3.8, 4) is 0 Å². The van der Waals surface area contributed by atoms with Gasteiger partial charge in [-0.25, -0.2) is 5.26 Å². The summed E-state index contributed by atoms with van der Waals surface area (Å²) < 4.78 is 83.3. The van der Waals surface area contributed by atoms with Gasteiger partial charge in [-0.3, -0.25) is 13.7 Å². The molecule has 0 bridgehead atoms. The van der Waals surface area contributed by atoms with Crippen molar-refractivity contribution in [1.29, 1.82) is 0 Å². The van der Waals surface area contributed by atoms with Crippen LogP contribution in [0.15, 0.2) is 0 Å². The Labute approximate surface area is 83.8 Å². The lowest BCUT2D eigenvalue weighted by molar-refractivity contribution is -0.138. The largest absolute Gasteiger partial charge is 0.442 e. The average Bonchev–Trinajstić information content (AvgIpc) is 1.77. The zero-order valence-electron chi connectivity index (χ0n) is 6.28. The van der Waals surface area contributed by atoms with Crippen LogP contribution in [-0.4, -0.2) is 44.2 Å². The molecule has 0 aromatic heterocycles. The third-order valence-corrected chi connectivity index (χ3v) is 1.80. The van der Waals surface area contributed by atoms with Gasteiger partial charge in [-0.15, -0.1) is 0 Å². The lowest BCUT2D eigenvalue weighted by Gasteiger charge is -1.93. The molecule has 0 aromatic carbocycles. The van der Waals surface area contributed by atoms with E-state index in [1.54, 1.807) is 0 Å². The highest BCUT2D eigenvalue weighted by Crippen LogP contribution is 1.97. The molecule has 0 fully saturated rings. The Kier molecular flexibility index (Phi) is 6.39. The van der Waals surface area contributed by atoms with E-state index in [1.165, 1.54) is 0 Å². The molecular weight excluding hydrogens is 288 g/mol. The van der Waals surface area contributed by atoms with Gasteiger partial charge >= 0.3 is 31.2 Å². The van der Waals surface area contributed by atoms with Crippen LogP contribution in [0, 0.1) is 0 Å². The first kappa shape index (κ1) is 17.0. The fourth-order valence-electron chi connectivity index (χ4n) is 0.118.